The van der Waals surface area contributed by atoms with E-state index in [-0.39, 0.29) is 0 Å². The number of anilines is 1. The van der Waals surface area contributed by atoms with Gasteiger partial charge in [0.1, 0.15) is 0 Å². The van der Waals surface area contributed by atoms with E-state index in [0.29, 0.717) is 0 Å². The standard InChI is InChI=1S/C13H21NO/c1-4-9-15-10-8-14-13-11(2)6-5-7-12(13)3/h5-7,14H,4,8-10H2,1-3H3. The summed E-state index contributed by atoms with van der Waals surface area (Å²) >= 11 is 0. The van der Waals surface area contributed by atoms with Crippen LogP contribution in [-0.2, 0) is 4.74 Å². The molecule has 0 saturated carbocycles. The van der Waals surface area contributed by atoms with Gasteiger partial charge in [-0.25, -0.2) is 0 Å². The zero-order valence-electron chi connectivity index (χ0n) is 9.97. The van der Waals surface area contributed by atoms with E-state index in [9.17, 15) is 0 Å². The molecule has 84 valence electrons. The molecule has 2 nitrogen and oxygen atoms in total. The third-order valence-corrected chi connectivity index (χ3v) is 2.38. The predicted octanol–water partition coefficient (Wildman–Crippen LogP) is 3.14. The van der Waals surface area contributed by atoms with Gasteiger partial charge in [-0.15, -0.1) is 0 Å². The molecule has 1 N–H and O–H groups in total. The first kappa shape index (κ1) is 12.1. The molecule has 0 fully saturated rings. The van der Waals surface area contributed by atoms with Crippen LogP contribution in [0.15, 0.2) is 18.2 Å². The van der Waals surface area contributed by atoms with E-state index in [1.807, 2.05) is 0 Å². The van der Waals surface area contributed by atoms with Crippen LogP contribution in [0.2, 0.25) is 0 Å². The van der Waals surface area contributed by atoms with Crippen molar-refractivity contribution in [2.45, 2.75) is 27.2 Å². The SMILES string of the molecule is CCCOCCNc1c(C)cccc1C. The van der Waals surface area contributed by atoms with Crippen molar-refractivity contribution in [2.75, 3.05) is 25.1 Å². The van der Waals surface area contributed by atoms with Crippen LogP contribution in [0.5, 0.6) is 0 Å². The molecule has 0 aromatic heterocycles. The molecule has 2 heteroatoms. The summed E-state index contributed by atoms with van der Waals surface area (Å²) in [6, 6.07) is 6.34. The number of ether oxygens (including phenoxy) is 1. The highest BCUT2D eigenvalue weighted by Gasteiger charge is 1.99. The fourth-order valence-electron chi connectivity index (χ4n) is 1.59. The number of nitrogens with one attached hydrogen (secondary N) is 1. The van der Waals surface area contributed by atoms with Crippen molar-refractivity contribution in [1.29, 1.82) is 0 Å². The Bertz CT molecular complexity index is 276. The lowest BCUT2D eigenvalue weighted by atomic mass is 10.1. The van der Waals surface area contributed by atoms with E-state index in [2.05, 4.69) is 44.3 Å². The number of aryl methyl sites for hydroxylation is 2. The van der Waals surface area contributed by atoms with Crippen LogP contribution in [-0.4, -0.2) is 19.8 Å². The topological polar surface area (TPSA) is 21.3 Å². The Labute approximate surface area is 92.6 Å². The summed E-state index contributed by atoms with van der Waals surface area (Å²) < 4.78 is 5.42. The summed E-state index contributed by atoms with van der Waals surface area (Å²) in [4.78, 5) is 0. The highest BCUT2D eigenvalue weighted by atomic mass is 16.5. The lowest BCUT2D eigenvalue weighted by molar-refractivity contribution is 0.144. The molecule has 15 heavy (non-hydrogen) atoms. The van der Waals surface area contributed by atoms with Gasteiger partial charge in [-0.2, -0.15) is 0 Å². The van der Waals surface area contributed by atoms with E-state index in [4.69, 9.17) is 4.74 Å². The Morgan fingerprint density at radius 2 is 1.80 bits per heavy atom. The van der Waals surface area contributed by atoms with Crippen molar-refractivity contribution >= 4 is 5.69 Å². The van der Waals surface area contributed by atoms with E-state index >= 15 is 0 Å². The predicted molar refractivity (Wildman–Crippen MR) is 65.5 cm³/mol. The van der Waals surface area contributed by atoms with Gasteiger partial charge >= 0.3 is 0 Å². The highest BCUT2D eigenvalue weighted by molar-refractivity contribution is 5.56. The lowest BCUT2D eigenvalue weighted by Crippen LogP contribution is -2.11. The molecule has 0 aliphatic rings. The van der Waals surface area contributed by atoms with Crippen molar-refractivity contribution in [1.82, 2.24) is 0 Å². The van der Waals surface area contributed by atoms with Gasteiger partial charge in [0.25, 0.3) is 0 Å². The van der Waals surface area contributed by atoms with E-state index < -0.39 is 0 Å². The quantitative estimate of drug-likeness (QED) is 0.724. The first-order chi connectivity index (χ1) is 7.25. The maximum atomic E-state index is 5.42. The van der Waals surface area contributed by atoms with E-state index in [1.54, 1.807) is 0 Å². The second-order valence-electron chi connectivity index (χ2n) is 3.81. The van der Waals surface area contributed by atoms with Gasteiger partial charge in [-0.3, -0.25) is 0 Å². The van der Waals surface area contributed by atoms with Crippen LogP contribution in [0.4, 0.5) is 5.69 Å². The molecule has 0 radical (unpaired) electrons. The summed E-state index contributed by atoms with van der Waals surface area (Å²) in [6.07, 6.45) is 1.09. The van der Waals surface area contributed by atoms with Crippen molar-refractivity contribution in [3.05, 3.63) is 29.3 Å². The van der Waals surface area contributed by atoms with Crippen LogP contribution in [0.1, 0.15) is 24.5 Å². The molecule has 0 bridgehead atoms. The Hall–Kier alpha value is -1.02. The van der Waals surface area contributed by atoms with Crippen LogP contribution >= 0.6 is 0 Å². The first-order valence-electron chi connectivity index (χ1n) is 5.63. The fourth-order valence-corrected chi connectivity index (χ4v) is 1.59. The molecule has 0 aliphatic carbocycles. The first-order valence-corrected chi connectivity index (χ1v) is 5.63. The van der Waals surface area contributed by atoms with Crippen molar-refractivity contribution in [2.24, 2.45) is 0 Å². The van der Waals surface area contributed by atoms with Crippen LogP contribution in [0.25, 0.3) is 0 Å². The summed E-state index contributed by atoms with van der Waals surface area (Å²) in [5.74, 6) is 0. The largest absolute Gasteiger partial charge is 0.382 e. The number of hydrogen-bond donors (Lipinski definition) is 1. The molecule has 1 aromatic carbocycles. The van der Waals surface area contributed by atoms with Gasteiger partial charge in [0.05, 0.1) is 6.61 Å². The fraction of sp³-hybridized carbons (Fsp3) is 0.538. The summed E-state index contributed by atoms with van der Waals surface area (Å²) in [5.41, 5.74) is 3.84. The van der Waals surface area contributed by atoms with Gasteiger partial charge < -0.3 is 10.1 Å². The van der Waals surface area contributed by atoms with Crippen molar-refractivity contribution in [3.8, 4) is 0 Å². The molecule has 1 aromatic rings. The van der Waals surface area contributed by atoms with Crippen LogP contribution in [0.3, 0.4) is 0 Å². The van der Waals surface area contributed by atoms with Gasteiger partial charge in [0, 0.05) is 18.8 Å². The molecule has 0 amide bonds. The maximum absolute atomic E-state index is 5.42. The zero-order valence-corrected chi connectivity index (χ0v) is 9.97. The van der Waals surface area contributed by atoms with Crippen LogP contribution in [0, 0.1) is 13.8 Å². The lowest BCUT2D eigenvalue weighted by Gasteiger charge is -2.12. The molecule has 1 rings (SSSR count). The van der Waals surface area contributed by atoms with Crippen molar-refractivity contribution < 1.29 is 4.74 Å². The third-order valence-electron chi connectivity index (χ3n) is 2.38. The smallest absolute Gasteiger partial charge is 0.0639 e. The average molecular weight is 207 g/mol. The minimum Gasteiger partial charge on any atom is -0.382 e. The maximum Gasteiger partial charge on any atom is 0.0639 e. The average Bonchev–Trinajstić information content (AvgIpc) is 2.21. The second-order valence-corrected chi connectivity index (χ2v) is 3.81. The van der Waals surface area contributed by atoms with E-state index in [1.165, 1.54) is 16.8 Å². The van der Waals surface area contributed by atoms with Gasteiger partial charge in [0.2, 0.25) is 0 Å². The summed E-state index contributed by atoms with van der Waals surface area (Å²) in [5, 5.41) is 3.42. The summed E-state index contributed by atoms with van der Waals surface area (Å²) in [6.45, 7) is 8.89. The number of para-hydroxylation sites is 1. The molecular weight excluding hydrogens is 186 g/mol. The Morgan fingerprint density at radius 1 is 1.13 bits per heavy atom. The Balaban J connectivity index is 2.37. The molecule has 0 unspecified atom stereocenters. The normalized spacial score (nSPS) is 10.3. The second kappa shape index (κ2) is 6.46. The summed E-state index contributed by atoms with van der Waals surface area (Å²) in [7, 11) is 0. The third kappa shape index (κ3) is 3.92. The highest BCUT2D eigenvalue weighted by Crippen LogP contribution is 2.18. The molecule has 0 saturated heterocycles. The molecule has 0 heterocycles. The Kier molecular flexibility index (Phi) is 5.19. The van der Waals surface area contributed by atoms with Gasteiger partial charge in [-0.1, -0.05) is 25.1 Å². The number of rotatable bonds is 6. The Morgan fingerprint density at radius 3 is 2.40 bits per heavy atom. The van der Waals surface area contributed by atoms with Crippen molar-refractivity contribution in [3.63, 3.8) is 0 Å². The molecule has 0 aliphatic heterocycles. The van der Waals surface area contributed by atoms with Crippen LogP contribution < -0.4 is 5.32 Å². The molecular formula is C13H21NO. The monoisotopic (exact) mass is 207 g/mol. The van der Waals surface area contributed by atoms with E-state index in [0.717, 1.165) is 26.2 Å². The van der Waals surface area contributed by atoms with Gasteiger partial charge in [0.15, 0.2) is 0 Å². The minimum atomic E-state index is 0.779. The molecule has 0 atom stereocenters. The zero-order chi connectivity index (χ0) is 11.1. The number of hydrogen-bond acceptors (Lipinski definition) is 2. The molecule has 0 spiro atoms. The number of benzene rings is 1. The minimum absolute atomic E-state index is 0.779. The van der Waals surface area contributed by atoms with Gasteiger partial charge in [-0.05, 0) is 31.4 Å².